The molecule has 0 amide bonds. The minimum Gasteiger partial charge on any atom is -0.465 e. The second-order valence-corrected chi connectivity index (χ2v) is 10.7. The maximum Gasteiger partial charge on any atom is 0.337 e. The second-order valence-electron chi connectivity index (χ2n) is 10.7. The molecule has 4 aromatic rings. The van der Waals surface area contributed by atoms with E-state index in [0.717, 1.165) is 50.1 Å². The fraction of sp³-hybridized carbons (Fsp3) is 0.303. The Hall–Kier alpha value is -3.70. The van der Waals surface area contributed by atoms with E-state index in [0.29, 0.717) is 5.56 Å². The van der Waals surface area contributed by atoms with Crippen molar-refractivity contribution >= 4 is 28.0 Å². The van der Waals surface area contributed by atoms with Crippen LogP contribution in [0.25, 0.3) is 22.0 Å². The molecule has 6 rings (SSSR count). The normalized spacial score (nSPS) is 16.3. The molecule has 0 atom stereocenters. The molecule has 1 fully saturated rings. The van der Waals surface area contributed by atoms with E-state index >= 15 is 0 Å². The number of nitrogens with one attached hydrogen (secondary N) is 1. The lowest BCUT2D eigenvalue weighted by Gasteiger charge is -2.37. The Morgan fingerprint density at radius 1 is 1.03 bits per heavy atom. The summed E-state index contributed by atoms with van der Waals surface area (Å²) in [6.07, 6.45) is 2.88. The summed E-state index contributed by atoms with van der Waals surface area (Å²) in [4.78, 5) is 18.1. The Morgan fingerprint density at radius 2 is 1.87 bits per heavy atom. The molecular weight excluding hydrogens is 475 g/mol. The van der Waals surface area contributed by atoms with Crippen molar-refractivity contribution in [3.05, 3.63) is 106 Å². The fourth-order valence-electron chi connectivity index (χ4n) is 6.12. The lowest BCUT2D eigenvalue weighted by atomic mass is 9.86. The number of likely N-dealkylation sites (tertiary alicyclic amines) is 1. The number of alkyl halides is 1. The zero-order valence-corrected chi connectivity index (χ0v) is 22.0. The van der Waals surface area contributed by atoms with E-state index in [1.165, 1.54) is 51.5 Å². The molecule has 3 aromatic carbocycles. The summed E-state index contributed by atoms with van der Waals surface area (Å²) in [5, 5.41) is 1.17. The van der Waals surface area contributed by atoms with Crippen LogP contribution >= 0.6 is 0 Å². The first-order valence-electron chi connectivity index (χ1n) is 13.4. The molecule has 0 spiro atoms. The number of hydrogen-bond donors (Lipinski definition) is 1. The van der Waals surface area contributed by atoms with Crippen molar-refractivity contribution in [1.82, 2.24) is 9.88 Å². The van der Waals surface area contributed by atoms with Gasteiger partial charge in [-0.05, 0) is 95.5 Å². The van der Waals surface area contributed by atoms with Crippen molar-refractivity contribution in [2.45, 2.75) is 32.7 Å². The quantitative estimate of drug-likeness (QED) is 0.286. The van der Waals surface area contributed by atoms with Crippen LogP contribution in [0.15, 0.2) is 66.7 Å². The number of fused-ring (bicyclic) bond motifs is 2. The van der Waals surface area contributed by atoms with Crippen LogP contribution in [0.5, 0.6) is 0 Å². The Balaban J connectivity index is 1.46. The van der Waals surface area contributed by atoms with Crippen molar-refractivity contribution in [1.29, 1.82) is 0 Å². The van der Waals surface area contributed by atoms with Crippen LogP contribution in [0.1, 0.15) is 56.7 Å². The van der Waals surface area contributed by atoms with Gasteiger partial charge in [0.15, 0.2) is 0 Å². The largest absolute Gasteiger partial charge is 0.465 e. The second kappa shape index (κ2) is 10.2. The smallest absolute Gasteiger partial charge is 0.337 e. The van der Waals surface area contributed by atoms with Gasteiger partial charge < -0.3 is 9.72 Å². The molecule has 0 unspecified atom stereocenters. The number of carbonyl (C=O) groups is 1. The standard InChI is InChI=1S/C33H33FN2O2/c1-21-6-3-4-8-28(21)30-9-5-7-23-14-25(33(37)38-2)10-12-29(23)32(30)24-11-13-31-26(15-24)16-27(35-31)20-36-18-22(17-34)19-36/h3-4,6,8,10-16,22,35H,5,7,9,17-20H2,1-2H3. The van der Waals surface area contributed by atoms with E-state index in [2.05, 4.69) is 71.4 Å². The van der Waals surface area contributed by atoms with Gasteiger partial charge in [0.1, 0.15) is 0 Å². The van der Waals surface area contributed by atoms with Crippen molar-refractivity contribution in [3.63, 3.8) is 0 Å². The van der Waals surface area contributed by atoms with Crippen molar-refractivity contribution in [2.24, 2.45) is 5.92 Å². The molecule has 2 aliphatic rings. The number of methoxy groups -OCH3 is 1. The number of halogens is 1. The van der Waals surface area contributed by atoms with Gasteiger partial charge in [-0.25, -0.2) is 4.79 Å². The highest BCUT2D eigenvalue weighted by Crippen LogP contribution is 2.41. The van der Waals surface area contributed by atoms with Crippen LogP contribution in [0, 0.1) is 12.8 Å². The van der Waals surface area contributed by atoms with Crippen molar-refractivity contribution in [3.8, 4) is 0 Å². The van der Waals surface area contributed by atoms with Crippen molar-refractivity contribution < 1.29 is 13.9 Å². The highest BCUT2D eigenvalue weighted by atomic mass is 19.1. The van der Waals surface area contributed by atoms with Crippen LogP contribution in [-0.2, 0) is 17.7 Å². The van der Waals surface area contributed by atoms with Gasteiger partial charge in [-0.3, -0.25) is 9.29 Å². The van der Waals surface area contributed by atoms with E-state index in [1.54, 1.807) is 0 Å². The number of H-pyrrole nitrogens is 1. The van der Waals surface area contributed by atoms with Crippen LogP contribution in [0.4, 0.5) is 4.39 Å². The molecule has 1 saturated heterocycles. The Kier molecular flexibility index (Phi) is 6.62. The number of aryl methyl sites for hydroxylation is 2. The number of hydrogen-bond acceptors (Lipinski definition) is 3. The molecule has 1 aromatic heterocycles. The topological polar surface area (TPSA) is 45.3 Å². The number of aromatic nitrogens is 1. The summed E-state index contributed by atoms with van der Waals surface area (Å²) in [5.74, 6) is -0.115. The summed E-state index contributed by atoms with van der Waals surface area (Å²) in [6, 6.07) is 23.5. The van der Waals surface area contributed by atoms with Crippen LogP contribution in [-0.4, -0.2) is 42.7 Å². The number of esters is 1. The van der Waals surface area contributed by atoms with Gasteiger partial charge >= 0.3 is 5.97 Å². The zero-order valence-electron chi connectivity index (χ0n) is 22.0. The van der Waals surface area contributed by atoms with Gasteiger partial charge in [0.05, 0.1) is 19.3 Å². The monoisotopic (exact) mass is 508 g/mol. The van der Waals surface area contributed by atoms with Crippen LogP contribution in [0.2, 0.25) is 0 Å². The van der Waals surface area contributed by atoms with Gasteiger partial charge in [-0.2, -0.15) is 0 Å². The Labute approximate surface area is 223 Å². The van der Waals surface area contributed by atoms with E-state index in [1.807, 2.05) is 12.1 Å². The van der Waals surface area contributed by atoms with Crippen molar-refractivity contribution in [2.75, 3.05) is 26.9 Å². The summed E-state index contributed by atoms with van der Waals surface area (Å²) >= 11 is 0. The molecule has 38 heavy (non-hydrogen) atoms. The summed E-state index contributed by atoms with van der Waals surface area (Å²) in [6.45, 7) is 4.42. The number of aromatic amines is 1. The predicted octanol–water partition coefficient (Wildman–Crippen LogP) is 6.96. The Morgan fingerprint density at radius 3 is 2.66 bits per heavy atom. The lowest BCUT2D eigenvalue weighted by molar-refractivity contribution is 0.0600. The third kappa shape index (κ3) is 4.56. The number of allylic oxidation sites excluding steroid dienone is 1. The molecule has 0 radical (unpaired) electrons. The van der Waals surface area contributed by atoms with Crippen LogP contribution in [0.3, 0.4) is 0 Å². The van der Waals surface area contributed by atoms with Gasteiger partial charge in [0.2, 0.25) is 0 Å². The minimum absolute atomic E-state index is 0.188. The van der Waals surface area contributed by atoms with Crippen LogP contribution < -0.4 is 0 Å². The predicted molar refractivity (Wildman–Crippen MR) is 151 cm³/mol. The summed E-state index contributed by atoms with van der Waals surface area (Å²) in [5.41, 5.74) is 11.5. The molecule has 1 aliphatic carbocycles. The minimum atomic E-state index is -0.303. The summed E-state index contributed by atoms with van der Waals surface area (Å²) in [7, 11) is 1.43. The molecule has 0 bridgehead atoms. The molecule has 0 saturated carbocycles. The maximum atomic E-state index is 12.9. The summed E-state index contributed by atoms with van der Waals surface area (Å²) < 4.78 is 17.9. The Bertz CT molecular complexity index is 1540. The van der Waals surface area contributed by atoms with E-state index in [4.69, 9.17) is 4.74 Å². The number of rotatable bonds is 6. The molecule has 1 aliphatic heterocycles. The third-order valence-corrected chi connectivity index (χ3v) is 8.05. The van der Waals surface area contributed by atoms with E-state index < -0.39 is 0 Å². The first kappa shape index (κ1) is 24.6. The number of ether oxygens (including phenoxy) is 1. The third-order valence-electron chi connectivity index (χ3n) is 8.05. The first-order valence-corrected chi connectivity index (χ1v) is 13.4. The van der Waals surface area contributed by atoms with E-state index in [-0.39, 0.29) is 18.6 Å². The average Bonchev–Trinajstić information content (AvgIpc) is 3.22. The first-order chi connectivity index (χ1) is 18.5. The van der Waals surface area contributed by atoms with Gasteiger partial charge in [-0.15, -0.1) is 0 Å². The molecule has 4 nitrogen and oxygen atoms in total. The SMILES string of the molecule is COC(=O)c1ccc2c(c1)CCCC(c1ccccc1C)=C2c1ccc2[nH]c(CN3CC(CF)C3)cc2c1. The zero-order chi connectivity index (χ0) is 26.2. The highest BCUT2D eigenvalue weighted by molar-refractivity contribution is 6.02. The molecule has 1 N–H and O–H groups in total. The van der Waals surface area contributed by atoms with Gasteiger partial charge in [-0.1, -0.05) is 36.4 Å². The average molecular weight is 509 g/mol. The molecule has 5 heteroatoms. The lowest BCUT2D eigenvalue weighted by Crippen LogP contribution is -2.46. The highest BCUT2D eigenvalue weighted by Gasteiger charge is 2.27. The number of carbonyl (C=O) groups excluding carboxylic acids is 1. The van der Waals surface area contributed by atoms with Gasteiger partial charge in [0.25, 0.3) is 0 Å². The number of nitrogens with zero attached hydrogens (tertiary/aromatic N) is 1. The van der Waals surface area contributed by atoms with E-state index in [9.17, 15) is 9.18 Å². The maximum absolute atomic E-state index is 12.9. The fourth-order valence-corrected chi connectivity index (χ4v) is 6.12. The number of benzene rings is 3. The molecule has 194 valence electrons. The molecule has 2 heterocycles. The molecular formula is C33H33FN2O2. The van der Waals surface area contributed by atoms with Gasteiger partial charge in [0, 0.05) is 42.1 Å².